The van der Waals surface area contributed by atoms with E-state index in [2.05, 4.69) is 5.10 Å². The van der Waals surface area contributed by atoms with Crippen molar-refractivity contribution in [3.05, 3.63) is 60.2 Å². The summed E-state index contributed by atoms with van der Waals surface area (Å²) >= 11 is 0. The molecule has 1 aliphatic carbocycles. The van der Waals surface area contributed by atoms with Crippen molar-refractivity contribution in [2.75, 3.05) is 13.1 Å². The second kappa shape index (κ2) is 7.08. The van der Waals surface area contributed by atoms with Gasteiger partial charge >= 0.3 is 6.03 Å². The summed E-state index contributed by atoms with van der Waals surface area (Å²) in [4.78, 5) is 40.8. The van der Waals surface area contributed by atoms with E-state index < -0.39 is 18.0 Å². The van der Waals surface area contributed by atoms with Gasteiger partial charge in [-0.25, -0.2) is 9.80 Å². The Balaban J connectivity index is 1.28. The van der Waals surface area contributed by atoms with E-state index in [1.807, 2.05) is 30.3 Å². The maximum Gasteiger partial charge on any atom is 0.327 e. The van der Waals surface area contributed by atoms with Crippen LogP contribution in [-0.2, 0) is 9.59 Å². The molecule has 9 nitrogen and oxygen atoms in total. The summed E-state index contributed by atoms with van der Waals surface area (Å²) in [5, 5.41) is 6.78. The molecule has 2 aromatic heterocycles. The molecule has 1 saturated carbocycles. The van der Waals surface area contributed by atoms with Crippen LogP contribution in [0.25, 0.3) is 11.0 Å². The molecule has 32 heavy (non-hydrogen) atoms. The Morgan fingerprint density at radius 2 is 1.97 bits per heavy atom. The lowest BCUT2D eigenvalue weighted by molar-refractivity contribution is -0.138. The Morgan fingerprint density at radius 1 is 1.12 bits per heavy atom. The van der Waals surface area contributed by atoms with Crippen molar-refractivity contribution in [1.29, 1.82) is 0 Å². The highest BCUT2D eigenvalue weighted by atomic mass is 16.3. The number of hydrogen-bond acceptors (Lipinski definition) is 6. The van der Waals surface area contributed by atoms with Gasteiger partial charge in [0.05, 0.1) is 6.26 Å². The van der Waals surface area contributed by atoms with Crippen LogP contribution in [0.15, 0.2) is 62.7 Å². The number of urea groups is 1. The maximum atomic E-state index is 13.2. The first-order chi connectivity index (χ1) is 15.6. The third-order valence-corrected chi connectivity index (χ3v) is 6.11. The lowest BCUT2D eigenvalue weighted by Gasteiger charge is -2.22. The quantitative estimate of drug-likeness (QED) is 0.577. The van der Waals surface area contributed by atoms with Crippen LogP contribution in [0.3, 0.4) is 0 Å². The molecule has 0 bridgehead atoms. The van der Waals surface area contributed by atoms with Gasteiger partial charge in [0, 0.05) is 17.8 Å². The number of amides is 4. The van der Waals surface area contributed by atoms with Crippen LogP contribution in [0, 0.1) is 0 Å². The monoisotopic (exact) mass is 432 g/mol. The highest BCUT2D eigenvalue weighted by Gasteiger charge is 2.45. The number of hydrazone groups is 1. The first-order valence-electron chi connectivity index (χ1n) is 10.6. The van der Waals surface area contributed by atoms with E-state index in [0.717, 1.165) is 28.7 Å². The second-order valence-corrected chi connectivity index (χ2v) is 8.29. The minimum Gasteiger partial charge on any atom is -0.467 e. The molecule has 0 spiro atoms. The first-order valence-corrected chi connectivity index (χ1v) is 10.6. The number of furan rings is 2. The van der Waals surface area contributed by atoms with Gasteiger partial charge in [-0.1, -0.05) is 18.2 Å². The third kappa shape index (κ3) is 3.08. The van der Waals surface area contributed by atoms with Gasteiger partial charge in [0.1, 0.15) is 36.2 Å². The zero-order valence-electron chi connectivity index (χ0n) is 17.1. The van der Waals surface area contributed by atoms with Crippen molar-refractivity contribution < 1.29 is 23.2 Å². The Morgan fingerprint density at radius 3 is 2.72 bits per heavy atom. The molecule has 6 rings (SSSR count). The van der Waals surface area contributed by atoms with Gasteiger partial charge in [-0.05, 0) is 37.1 Å². The molecule has 162 valence electrons. The number of carbonyl (C=O) groups excluding carboxylic acids is 3. The Kier molecular flexibility index (Phi) is 4.17. The highest BCUT2D eigenvalue weighted by molar-refractivity contribution is 6.06. The highest BCUT2D eigenvalue weighted by Crippen LogP contribution is 2.35. The molecule has 2 fully saturated rings. The normalized spacial score (nSPS) is 21.2. The Hall–Kier alpha value is -3.88. The third-order valence-electron chi connectivity index (χ3n) is 6.11. The molecular formula is C23H20N4O5. The number of fused-ring (bicyclic) bond motifs is 1. The minimum absolute atomic E-state index is 0.0336. The molecule has 1 aromatic carbocycles. The van der Waals surface area contributed by atoms with Crippen molar-refractivity contribution in [1.82, 2.24) is 14.8 Å². The lowest BCUT2D eigenvalue weighted by atomic mass is 10.1. The molecule has 9 heteroatoms. The van der Waals surface area contributed by atoms with Crippen molar-refractivity contribution in [3.8, 4) is 0 Å². The van der Waals surface area contributed by atoms with Crippen LogP contribution in [0.5, 0.6) is 0 Å². The number of para-hydroxylation sites is 1. The summed E-state index contributed by atoms with van der Waals surface area (Å²) in [6.45, 7) is -0.319. The number of rotatable bonds is 5. The smallest absolute Gasteiger partial charge is 0.327 e. The zero-order valence-corrected chi connectivity index (χ0v) is 17.1. The molecule has 3 aliphatic rings. The molecule has 4 amide bonds. The van der Waals surface area contributed by atoms with Crippen LogP contribution in [0.2, 0.25) is 0 Å². The van der Waals surface area contributed by atoms with Crippen LogP contribution in [0.4, 0.5) is 4.79 Å². The topological polar surface area (TPSA) is 99.6 Å². The van der Waals surface area contributed by atoms with Crippen LogP contribution in [0.1, 0.15) is 36.8 Å². The van der Waals surface area contributed by atoms with Crippen LogP contribution in [-0.4, -0.2) is 57.5 Å². The summed E-state index contributed by atoms with van der Waals surface area (Å²) < 4.78 is 11.5. The summed E-state index contributed by atoms with van der Waals surface area (Å²) in [5.41, 5.74) is 1.34. The fourth-order valence-electron chi connectivity index (χ4n) is 4.31. The van der Waals surface area contributed by atoms with Crippen molar-refractivity contribution in [3.63, 3.8) is 0 Å². The molecule has 0 radical (unpaired) electrons. The van der Waals surface area contributed by atoms with Gasteiger partial charge in [0.2, 0.25) is 0 Å². The van der Waals surface area contributed by atoms with E-state index in [9.17, 15) is 14.4 Å². The molecule has 0 N–H and O–H groups in total. The fourth-order valence-corrected chi connectivity index (χ4v) is 4.31. The number of imide groups is 1. The van der Waals surface area contributed by atoms with Crippen molar-refractivity contribution in [2.45, 2.75) is 31.3 Å². The number of carbonyl (C=O) groups is 3. The van der Waals surface area contributed by atoms with Crippen molar-refractivity contribution >= 4 is 34.5 Å². The average molecular weight is 432 g/mol. The molecule has 4 heterocycles. The largest absolute Gasteiger partial charge is 0.467 e. The summed E-state index contributed by atoms with van der Waals surface area (Å²) in [5.74, 6) is 0.348. The SMILES string of the molecule is O=C1CN(C2CC2)C(=O)N1CC(=O)N1N=C(c2cc3ccccc3o2)CC1c1ccco1. The van der Waals surface area contributed by atoms with E-state index in [-0.39, 0.29) is 25.0 Å². The van der Waals surface area contributed by atoms with E-state index in [1.54, 1.807) is 17.0 Å². The second-order valence-electron chi connectivity index (χ2n) is 8.29. The predicted octanol–water partition coefficient (Wildman–Crippen LogP) is 3.13. The number of benzene rings is 1. The number of hydrogen-bond donors (Lipinski definition) is 0. The van der Waals surface area contributed by atoms with Gasteiger partial charge in [0.15, 0.2) is 5.76 Å². The minimum atomic E-state index is -0.479. The van der Waals surface area contributed by atoms with Gasteiger partial charge in [-0.15, -0.1) is 0 Å². The van der Waals surface area contributed by atoms with E-state index >= 15 is 0 Å². The van der Waals surface area contributed by atoms with Crippen LogP contribution < -0.4 is 0 Å². The average Bonchev–Trinajstić information content (AvgIpc) is 3.18. The molecular weight excluding hydrogens is 412 g/mol. The van der Waals surface area contributed by atoms with E-state index in [0.29, 0.717) is 23.7 Å². The number of nitrogens with zero attached hydrogens (tertiary/aromatic N) is 4. The van der Waals surface area contributed by atoms with Crippen molar-refractivity contribution in [2.24, 2.45) is 5.10 Å². The molecule has 1 unspecified atom stereocenters. The van der Waals surface area contributed by atoms with Gasteiger partial charge in [0.25, 0.3) is 11.8 Å². The zero-order chi connectivity index (χ0) is 21.8. The van der Waals surface area contributed by atoms with Gasteiger partial charge in [-0.2, -0.15) is 5.10 Å². The molecule has 2 aliphatic heterocycles. The summed E-state index contributed by atoms with van der Waals surface area (Å²) in [7, 11) is 0. The van der Waals surface area contributed by atoms with Gasteiger partial charge < -0.3 is 13.7 Å². The molecule has 1 saturated heterocycles. The van der Waals surface area contributed by atoms with Gasteiger partial charge in [-0.3, -0.25) is 14.5 Å². The summed E-state index contributed by atoms with van der Waals surface area (Å²) in [6, 6.07) is 12.3. The molecule has 3 aromatic rings. The Bertz CT molecular complexity index is 1220. The Labute approximate surface area is 182 Å². The van der Waals surface area contributed by atoms with E-state index in [4.69, 9.17) is 8.83 Å². The maximum absolute atomic E-state index is 13.2. The first kappa shape index (κ1) is 18.9. The molecule has 1 atom stereocenters. The fraction of sp³-hybridized carbons (Fsp3) is 0.304. The predicted molar refractivity (Wildman–Crippen MR) is 113 cm³/mol. The lowest BCUT2D eigenvalue weighted by Crippen LogP contribution is -2.42. The van der Waals surface area contributed by atoms with Crippen LogP contribution >= 0.6 is 0 Å². The summed E-state index contributed by atoms with van der Waals surface area (Å²) in [6.07, 6.45) is 3.74. The standard InChI is InChI=1S/C23H20N4O5/c28-21-12-25(15-7-8-15)23(30)26(21)13-22(29)27-17(19-6-3-9-31-19)11-16(24-27)20-10-14-4-1-2-5-18(14)32-20/h1-6,9-10,15,17H,7-8,11-13H2. The van der Waals surface area contributed by atoms with E-state index in [1.165, 1.54) is 11.3 Å².